The van der Waals surface area contributed by atoms with E-state index in [1.54, 1.807) is 11.2 Å². The fourth-order valence-corrected chi connectivity index (χ4v) is 1.87. The molecule has 100 valence electrons. The molecular weight excluding hydrogens is 238 g/mol. The van der Waals surface area contributed by atoms with E-state index in [4.69, 9.17) is 4.42 Å². The minimum Gasteiger partial charge on any atom is -0.469 e. The normalized spacial score (nSPS) is 10.4. The van der Waals surface area contributed by atoms with Gasteiger partial charge in [-0.3, -0.25) is 4.79 Å². The predicted molar refractivity (Wildman–Crippen MR) is 74.9 cm³/mol. The largest absolute Gasteiger partial charge is 0.469 e. The number of benzene rings is 1. The smallest absolute Gasteiger partial charge is 0.226 e. The van der Waals surface area contributed by atoms with E-state index in [-0.39, 0.29) is 5.91 Å². The fraction of sp³-hybridized carbons (Fsp3) is 0.312. The second-order valence-electron chi connectivity index (χ2n) is 4.81. The highest BCUT2D eigenvalue weighted by Crippen LogP contribution is 2.06. The summed E-state index contributed by atoms with van der Waals surface area (Å²) in [5.74, 6) is 1.05. The highest BCUT2D eigenvalue weighted by molar-refractivity contribution is 5.78. The van der Waals surface area contributed by atoms with Crippen LogP contribution in [0.3, 0.4) is 0 Å². The Bertz CT molecular complexity index is 514. The van der Waals surface area contributed by atoms with Gasteiger partial charge in [-0.25, -0.2) is 0 Å². The van der Waals surface area contributed by atoms with Crippen molar-refractivity contribution >= 4 is 5.91 Å². The molecule has 19 heavy (non-hydrogen) atoms. The summed E-state index contributed by atoms with van der Waals surface area (Å²) >= 11 is 0. The number of aryl methyl sites for hydroxylation is 1. The molecule has 1 amide bonds. The predicted octanol–water partition coefficient (Wildman–Crippen LogP) is 2.83. The van der Waals surface area contributed by atoms with Crippen LogP contribution in [-0.4, -0.2) is 24.4 Å². The quantitative estimate of drug-likeness (QED) is 0.825. The van der Waals surface area contributed by atoms with Crippen molar-refractivity contribution in [1.82, 2.24) is 4.90 Å². The molecule has 0 saturated heterocycles. The maximum Gasteiger partial charge on any atom is 0.226 e. The number of likely N-dealkylation sites (N-methyl/N-ethyl adjacent to an activating group) is 1. The van der Waals surface area contributed by atoms with Gasteiger partial charge < -0.3 is 9.32 Å². The van der Waals surface area contributed by atoms with Gasteiger partial charge in [-0.2, -0.15) is 0 Å². The Kier molecular flexibility index (Phi) is 4.39. The molecule has 0 spiro atoms. The lowest BCUT2D eigenvalue weighted by molar-refractivity contribution is -0.129. The molecule has 0 fully saturated rings. The third-order valence-corrected chi connectivity index (χ3v) is 3.18. The summed E-state index contributed by atoms with van der Waals surface area (Å²) in [5, 5.41) is 0. The van der Waals surface area contributed by atoms with Gasteiger partial charge in [-0.15, -0.1) is 0 Å². The average molecular weight is 257 g/mol. The summed E-state index contributed by atoms with van der Waals surface area (Å²) in [4.78, 5) is 13.8. The van der Waals surface area contributed by atoms with E-state index in [0.29, 0.717) is 13.0 Å². The molecule has 0 saturated carbocycles. The highest BCUT2D eigenvalue weighted by Gasteiger charge is 2.10. The zero-order valence-corrected chi connectivity index (χ0v) is 11.4. The summed E-state index contributed by atoms with van der Waals surface area (Å²) in [7, 11) is 1.83. The summed E-state index contributed by atoms with van der Waals surface area (Å²) in [6.45, 7) is 2.72. The van der Waals surface area contributed by atoms with Crippen LogP contribution in [0.1, 0.15) is 16.9 Å². The summed E-state index contributed by atoms with van der Waals surface area (Å²) in [5.41, 5.74) is 2.27. The molecule has 0 aliphatic heterocycles. The van der Waals surface area contributed by atoms with E-state index < -0.39 is 0 Å². The van der Waals surface area contributed by atoms with Crippen LogP contribution in [0.15, 0.2) is 47.1 Å². The second-order valence-corrected chi connectivity index (χ2v) is 4.81. The van der Waals surface area contributed by atoms with Crippen molar-refractivity contribution in [2.75, 3.05) is 13.6 Å². The van der Waals surface area contributed by atoms with Crippen LogP contribution in [0.25, 0.3) is 0 Å². The van der Waals surface area contributed by atoms with Crippen LogP contribution in [0.2, 0.25) is 0 Å². The molecule has 1 aromatic heterocycles. The molecule has 3 heteroatoms. The van der Waals surface area contributed by atoms with Crippen molar-refractivity contribution in [2.45, 2.75) is 19.8 Å². The Hall–Kier alpha value is -2.03. The number of rotatable bonds is 5. The molecule has 0 unspecified atom stereocenters. The Morgan fingerprint density at radius 2 is 1.95 bits per heavy atom. The van der Waals surface area contributed by atoms with Crippen molar-refractivity contribution < 1.29 is 9.21 Å². The van der Waals surface area contributed by atoms with Crippen LogP contribution >= 0.6 is 0 Å². The van der Waals surface area contributed by atoms with Gasteiger partial charge in [0.15, 0.2) is 0 Å². The van der Waals surface area contributed by atoms with Gasteiger partial charge in [-0.05, 0) is 24.6 Å². The standard InChI is InChI=1S/C16H19NO2/c1-13-5-7-14(8-6-13)12-16(18)17(2)10-9-15-4-3-11-19-15/h3-8,11H,9-10,12H2,1-2H3. The monoisotopic (exact) mass is 257 g/mol. The molecule has 0 N–H and O–H groups in total. The molecule has 0 atom stereocenters. The van der Waals surface area contributed by atoms with Gasteiger partial charge in [-0.1, -0.05) is 29.8 Å². The fourth-order valence-electron chi connectivity index (χ4n) is 1.87. The van der Waals surface area contributed by atoms with E-state index in [0.717, 1.165) is 17.7 Å². The van der Waals surface area contributed by atoms with Crippen molar-refractivity contribution in [1.29, 1.82) is 0 Å². The molecule has 0 aliphatic carbocycles. The number of carbonyl (C=O) groups excluding carboxylic acids is 1. The first-order valence-corrected chi connectivity index (χ1v) is 6.47. The summed E-state index contributed by atoms with van der Waals surface area (Å²) in [6, 6.07) is 11.9. The van der Waals surface area contributed by atoms with E-state index >= 15 is 0 Å². The zero-order valence-electron chi connectivity index (χ0n) is 11.4. The summed E-state index contributed by atoms with van der Waals surface area (Å²) < 4.78 is 5.26. The van der Waals surface area contributed by atoms with Crippen molar-refractivity contribution in [2.24, 2.45) is 0 Å². The van der Waals surface area contributed by atoms with Gasteiger partial charge >= 0.3 is 0 Å². The minimum atomic E-state index is 0.135. The topological polar surface area (TPSA) is 33.5 Å². The average Bonchev–Trinajstić information content (AvgIpc) is 2.91. The van der Waals surface area contributed by atoms with Gasteiger partial charge in [0.05, 0.1) is 12.7 Å². The van der Waals surface area contributed by atoms with Crippen molar-refractivity contribution in [3.63, 3.8) is 0 Å². The van der Waals surface area contributed by atoms with Gasteiger partial charge in [0.25, 0.3) is 0 Å². The van der Waals surface area contributed by atoms with Crippen LogP contribution in [-0.2, 0) is 17.6 Å². The Morgan fingerprint density at radius 3 is 2.58 bits per heavy atom. The van der Waals surface area contributed by atoms with Crippen LogP contribution in [0.4, 0.5) is 0 Å². The molecule has 1 heterocycles. The van der Waals surface area contributed by atoms with Crippen molar-refractivity contribution in [3.8, 4) is 0 Å². The lowest BCUT2D eigenvalue weighted by atomic mass is 10.1. The van der Waals surface area contributed by atoms with Gasteiger partial charge in [0.2, 0.25) is 5.91 Å². The first kappa shape index (κ1) is 13.4. The molecule has 0 bridgehead atoms. The van der Waals surface area contributed by atoms with Crippen molar-refractivity contribution in [3.05, 3.63) is 59.5 Å². The molecular formula is C16H19NO2. The van der Waals surface area contributed by atoms with E-state index in [1.165, 1.54) is 5.56 Å². The highest BCUT2D eigenvalue weighted by atomic mass is 16.3. The Morgan fingerprint density at radius 1 is 1.21 bits per heavy atom. The van der Waals surface area contributed by atoms with Crippen LogP contribution in [0.5, 0.6) is 0 Å². The summed E-state index contributed by atoms with van der Waals surface area (Å²) in [6.07, 6.45) is 2.86. The molecule has 2 rings (SSSR count). The lowest BCUT2D eigenvalue weighted by Gasteiger charge is -2.16. The Labute approximate surface area is 113 Å². The van der Waals surface area contributed by atoms with E-state index in [2.05, 4.69) is 0 Å². The Balaban J connectivity index is 1.83. The first-order valence-electron chi connectivity index (χ1n) is 6.47. The molecule has 3 nitrogen and oxygen atoms in total. The van der Waals surface area contributed by atoms with Gasteiger partial charge in [0.1, 0.15) is 5.76 Å². The lowest BCUT2D eigenvalue weighted by Crippen LogP contribution is -2.30. The molecule has 2 aromatic rings. The first-order chi connectivity index (χ1) is 9.15. The SMILES string of the molecule is Cc1ccc(CC(=O)N(C)CCc2ccco2)cc1. The number of hydrogen-bond donors (Lipinski definition) is 0. The third kappa shape index (κ3) is 3.98. The van der Waals surface area contributed by atoms with E-state index in [9.17, 15) is 4.79 Å². The number of nitrogens with zero attached hydrogens (tertiary/aromatic N) is 1. The van der Waals surface area contributed by atoms with Gasteiger partial charge in [0, 0.05) is 20.0 Å². The number of hydrogen-bond acceptors (Lipinski definition) is 2. The van der Waals surface area contributed by atoms with Crippen LogP contribution in [0, 0.1) is 6.92 Å². The zero-order chi connectivity index (χ0) is 13.7. The minimum absolute atomic E-state index is 0.135. The number of carbonyl (C=O) groups is 1. The van der Waals surface area contributed by atoms with E-state index in [1.807, 2.05) is 50.4 Å². The molecule has 0 radical (unpaired) electrons. The molecule has 1 aromatic carbocycles. The maximum absolute atomic E-state index is 12.1. The number of amides is 1. The number of furan rings is 1. The maximum atomic E-state index is 12.1. The van der Waals surface area contributed by atoms with Crippen LogP contribution < -0.4 is 0 Å². The second kappa shape index (κ2) is 6.23. The molecule has 0 aliphatic rings. The third-order valence-electron chi connectivity index (χ3n) is 3.18.